The number of likely N-dealkylation sites (N-methyl/N-ethyl adjacent to an activating group) is 1. The molecule has 0 fully saturated rings. The van der Waals surface area contributed by atoms with Crippen LogP contribution in [0, 0.1) is 6.92 Å². The van der Waals surface area contributed by atoms with E-state index in [2.05, 4.69) is 10.0 Å². The van der Waals surface area contributed by atoms with Crippen LogP contribution in [-0.4, -0.2) is 52.9 Å². The maximum absolute atomic E-state index is 12.7. The average Bonchev–Trinajstić information content (AvgIpc) is 2.66. The Morgan fingerprint density at radius 1 is 1.07 bits per heavy atom. The predicted octanol–water partition coefficient (Wildman–Crippen LogP) is 1.62. The number of rotatable bonds is 7. The van der Waals surface area contributed by atoms with Crippen LogP contribution in [0.15, 0.2) is 47.4 Å². The molecule has 9 heteroatoms. The Hall–Kier alpha value is -3.07. The van der Waals surface area contributed by atoms with E-state index in [1.54, 1.807) is 51.4 Å². The summed E-state index contributed by atoms with van der Waals surface area (Å²) in [6.45, 7) is 1.52. The molecule has 0 aliphatic heterocycles. The lowest BCUT2D eigenvalue weighted by Gasteiger charge is -2.13. The van der Waals surface area contributed by atoms with E-state index in [0.717, 1.165) is 0 Å². The summed E-state index contributed by atoms with van der Waals surface area (Å²) in [6.07, 6.45) is 0. The molecule has 0 spiro atoms. The third-order valence-corrected chi connectivity index (χ3v) is 5.38. The normalized spacial score (nSPS) is 10.9. The predicted molar refractivity (Wildman–Crippen MR) is 106 cm³/mol. The number of carbonyl (C=O) groups is 2. The van der Waals surface area contributed by atoms with Gasteiger partial charge in [0.2, 0.25) is 5.91 Å². The fourth-order valence-corrected chi connectivity index (χ4v) is 3.38. The molecule has 2 rings (SSSR count). The zero-order valence-corrected chi connectivity index (χ0v) is 17.0. The number of methoxy groups -OCH3 is 1. The van der Waals surface area contributed by atoms with Crippen LogP contribution in [-0.2, 0) is 14.8 Å². The van der Waals surface area contributed by atoms with E-state index in [0.29, 0.717) is 17.0 Å². The smallest absolute Gasteiger partial charge is 0.261 e. The third kappa shape index (κ3) is 5.23. The molecule has 2 N–H and O–H groups in total. The van der Waals surface area contributed by atoms with Crippen molar-refractivity contribution >= 4 is 27.5 Å². The Balaban J connectivity index is 2.22. The summed E-state index contributed by atoms with van der Waals surface area (Å²) in [5.74, 6) is -0.185. The first-order valence-corrected chi connectivity index (χ1v) is 9.88. The van der Waals surface area contributed by atoms with E-state index >= 15 is 0 Å². The number of anilines is 1. The standard InChI is InChI=1S/C19H23N3O5S/c1-13-5-10-16(11-17(13)19(24)20-12-18(23)22(2)3)28(25,26)21-14-6-8-15(27-4)9-7-14/h5-11,21H,12H2,1-4H3,(H,20,24). The SMILES string of the molecule is COc1ccc(NS(=O)(=O)c2ccc(C)c(C(=O)NCC(=O)N(C)C)c2)cc1. The molecule has 0 heterocycles. The Morgan fingerprint density at radius 3 is 2.29 bits per heavy atom. The van der Waals surface area contributed by atoms with E-state index in [1.807, 2.05) is 0 Å². The molecule has 0 saturated carbocycles. The van der Waals surface area contributed by atoms with E-state index in [9.17, 15) is 18.0 Å². The van der Waals surface area contributed by atoms with Crippen LogP contribution in [0.2, 0.25) is 0 Å². The number of hydrogen-bond donors (Lipinski definition) is 2. The highest BCUT2D eigenvalue weighted by atomic mass is 32.2. The molecular formula is C19H23N3O5S. The van der Waals surface area contributed by atoms with Crippen molar-refractivity contribution in [1.29, 1.82) is 0 Å². The Morgan fingerprint density at radius 2 is 1.71 bits per heavy atom. The van der Waals surface area contributed by atoms with Gasteiger partial charge in [0.1, 0.15) is 5.75 Å². The van der Waals surface area contributed by atoms with Gasteiger partial charge >= 0.3 is 0 Å². The van der Waals surface area contributed by atoms with Crippen molar-refractivity contribution in [3.8, 4) is 5.75 Å². The summed E-state index contributed by atoms with van der Waals surface area (Å²) in [7, 11) is 0.784. The Labute approximate surface area is 164 Å². The van der Waals surface area contributed by atoms with Gasteiger partial charge in [0, 0.05) is 25.3 Å². The molecule has 0 aliphatic rings. The molecule has 2 amide bonds. The van der Waals surface area contributed by atoms with E-state index in [4.69, 9.17) is 4.74 Å². The first-order valence-electron chi connectivity index (χ1n) is 8.40. The lowest BCUT2D eigenvalue weighted by atomic mass is 10.1. The van der Waals surface area contributed by atoms with Crippen molar-refractivity contribution in [2.24, 2.45) is 0 Å². The average molecular weight is 405 g/mol. The maximum atomic E-state index is 12.7. The van der Waals surface area contributed by atoms with Crippen molar-refractivity contribution in [2.45, 2.75) is 11.8 Å². The van der Waals surface area contributed by atoms with Crippen LogP contribution in [0.5, 0.6) is 5.75 Å². The first-order chi connectivity index (χ1) is 13.1. The van der Waals surface area contributed by atoms with Gasteiger partial charge in [-0.3, -0.25) is 14.3 Å². The van der Waals surface area contributed by atoms with Gasteiger partial charge in [0.15, 0.2) is 0 Å². The van der Waals surface area contributed by atoms with Gasteiger partial charge in [0.25, 0.3) is 15.9 Å². The number of sulfonamides is 1. The van der Waals surface area contributed by atoms with E-state index in [1.165, 1.54) is 24.1 Å². The number of nitrogens with one attached hydrogen (secondary N) is 2. The van der Waals surface area contributed by atoms with Crippen molar-refractivity contribution in [1.82, 2.24) is 10.2 Å². The second-order valence-electron chi connectivity index (χ2n) is 6.28. The molecule has 2 aromatic carbocycles. The van der Waals surface area contributed by atoms with Crippen LogP contribution >= 0.6 is 0 Å². The fourth-order valence-electron chi connectivity index (χ4n) is 2.30. The van der Waals surface area contributed by atoms with Gasteiger partial charge in [-0.2, -0.15) is 0 Å². The number of hydrogen-bond acceptors (Lipinski definition) is 5. The van der Waals surface area contributed by atoms with Crippen molar-refractivity contribution in [2.75, 3.05) is 32.5 Å². The number of benzene rings is 2. The van der Waals surface area contributed by atoms with Crippen molar-refractivity contribution < 1.29 is 22.7 Å². The van der Waals surface area contributed by atoms with Gasteiger partial charge in [0.05, 0.1) is 18.6 Å². The first kappa shape index (κ1) is 21.2. The van der Waals surface area contributed by atoms with Crippen LogP contribution in [0.4, 0.5) is 5.69 Å². The second kappa shape index (κ2) is 8.75. The van der Waals surface area contributed by atoms with Gasteiger partial charge < -0.3 is 15.0 Å². The van der Waals surface area contributed by atoms with E-state index in [-0.39, 0.29) is 22.9 Å². The molecule has 0 atom stereocenters. The van der Waals surface area contributed by atoms with Gasteiger partial charge in [-0.15, -0.1) is 0 Å². The maximum Gasteiger partial charge on any atom is 0.261 e. The lowest BCUT2D eigenvalue weighted by molar-refractivity contribution is -0.127. The summed E-state index contributed by atoms with van der Waals surface area (Å²) < 4.78 is 32.8. The molecule has 0 aromatic heterocycles. The molecule has 150 valence electrons. The van der Waals surface area contributed by atoms with E-state index < -0.39 is 15.9 Å². The number of nitrogens with zero attached hydrogens (tertiary/aromatic N) is 1. The molecule has 0 unspecified atom stereocenters. The molecule has 0 aliphatic carbocycles. The fraction of sp³-hybridized carbons (Fsp3) is 0.263. The largest absolute Gasteiger partial charge is 0.497 e. The van der Waals surface area contributed by atoms with Gasteiger partial charge in [-0.25, -0.2) is 8.42 Å². The Kier molecular flexibility index (Phi) is 6.63. The van der Waals surface area contributed by atoms with Crippen molar-refractivity contribution in [3.63, 3.8) is 0 Å². The van der Waals surface area contributed by atoms with Gasteiger partial charge in [-0.05, 0) is 48.9 Å². The number of carbonyl (C=O) groups excluding carboxylic acids is 2. The number of aryl methyl sites for hydroxylation is 1. The van der Waals surface area contributed by atoms with Crippen LogP contribution in [0.25, 0.3) is 0 Å². The lowest BCUT2D eigenvalue weighted by Crippen LogP contribution is -2.36. The molecule has 0 radical (unpaired) electrons. The summed E-state index contributed by atoms with van der Waals surface area (Å²) >= 11 is 0. The molecular weight excluding hydrogens is 382 g/mol. The molecule has 2 aromatic rings. The monoisotopic (exact) mass is 405 g/mol. The molecule has 28 heavy (non-hydrogen) atoms. The van der Waals surface area contributed by atoms with Crippen LogP contribution in [0.3, 0.4) is 0 Å². The zero-order chi connectivity index (χ0) is 20.9. The number of amides is 2. The van der Waals surface area contributed by atoms with Crippen LogP contribution in [0.1, 0.15) is 15.9 Å². The van der Waals surface area contributed by atoms with Crippen molar-refractivity contribution in [3.05, 3.63) is 53.6 Å². The number of ether oxygens (including phenoxy) is 1. The highest BCUT2D eigenvalue weighted by molar-refractivity contribution is 7.92. The second-order valence-corrected chi connectivity index (χ2v) is 7.96. The highest BCUT2D eigenvalue weighted by Crippen LogP contribution is 2.21. The zero-order valence-electron chi connectivity index (χ0n) is 16.1. The highest BCUT2D eigenvalue weighted by Gasteiger charge is 2.19. The molecule has 0 saturated heterocycles. The quantitative estimate of drug-likeness (QED) is 0.728. The summed E-state index contributed by atoms with van der Waals surface area (Å²) in [4.78, 5) is 25.3. The summed E-state index contributed by atoms with van der Waals surface area (Å²) in [6, 6.07) is 10.7. The molecule has 0 bridgehead atoms. The minimum absolute atomic E-state index is 0.0574. The van der Waals surface area contributed by atoms with Crippen LogP contribution < -0.4 is 14.8 Å². The minimum Gasteiger partial charge on any atom is -0.497 e. The topological polar surface area (TPSA) is 105 Å². The van der Waals surface area contributed by atoms with Gasteiger partial charge in [-0.1, -0.05) is 6.07 Å². The molecule has 8 nitrogen and oxygen atoms in total. The third-order valence-electron chi connectivity index (χ3n) is 4.01. The minimum atomic E-state index is -3.90. The summed E-state index contributed by atoms with van der Waals surface area (Å²) in [5, 5.41) is 2.50. The Bertz CT molecular complexity index is 970. The summed E-state index contributed by atoms with van der Waals surface area (Å²) in [5.41, 5.74) is 1.14.